The van der Waals surface area contributed by atoms with Crippen molar-refractivity contribution in [2.75, 3.05) is 0 Å². The van der Waals surface area contributed by atoms with Crippen molar-refractivity contribution in [1.29, 1.82) is 0 Å². The van der Waals surface area contributed by atoms with Crippen molar-refractivity contribution in [1.82, 2.24) is 9.97 Å². The zero-order valence-corrected chi connectivity index (χ0v) is 9.25. The lowest BCUT2D eigenvalue weighted by atomic mass is 10.0. The average Bonchev–Trinajstić information content (AvgIpc) is 2.18. The zero-order chi connectivity index (χ0) is 11.7. The molecule has 0 unspecified atom stereocenters. The van der Waals surface area contributed by atoms with Crippen molar-refractivity contribution < 1.29 is 4.39 Å². The quantitative estimate of drug-likeness (QED) is 0.843. The molecule has 0 spiro atoms. The number of aromatic nitrogens is 2. The molecule has 0 fully saturated rings. The summed E-state index contributed by atoms with van der Waals surface area (Å²) in [6.07, 6.45) is 0.706. The minimum absolute atomic E-state index is 0.314. The molecule has 0 bridgehead atoms. The van der Waals surface area contributed by atoms with Gasteiger partial charge in [-0.25, -0.2) is 9.18 Å². The Labute approximate surface area is 92.3 Å². The summed E-state index contributed by atoms with van der Waals surface area (Å²) in [6.45, 7) is 4.09. The van der Waals surface area contributed by atoms with E-state index in [1.165, 1.54) is 18.2 Å². The number of hydrogen-bond acceptors (Lipinski definition) is 2. The van der Waals surface area contributed by atoms with Gasteiger partial charge in [0.25, 0.3) is 0 Å². The standard InChI is InChI=1S/C12H13FN2O/c1-7(2)5-11-9-6-8(13)3-4-10(9)14-12(16)15-11/h3-4,6-7H,5H2,1-2H3,(H,14,15,16). The van der Waals surface area contributed by atoms with Gasteiger partial charge in [-0.15, -0.1) is 0 Å². The highest BCUT2D eigenvalue weighted by Crippen LogP contribution is 2.17. The number of benzene rings is 1. The molecular formula is C12H13FN2O. The summed E-state index contributed by atoms with van der Waals surface area (Å²) in [5.41, 5.74) is 0.917. The number of hydrogen-bond donors (Lipinski definition) is 1. The molecule has 3 nitrogen and oxygen atoms in total. The Balaban J connectivity index is 2.69. The van der Waals surface area contributed by atoms with Gasteiger partial charge in [0.05, 0.1) is 5.52 Å². The normalized spacial score (nSPS) is 11.2. The third-order valence-electron chi connectivity index (χ3n) is 2.38. The molecular weight excluding hydrogens is 207 g/mol. The van der Waals surface area contributed by atoms with Crippen LogP contribution in [0.1, 0.15) is 19.5 Å². The smallest absolute Gasteiger partial charge is 0.309 e. The molecule has 16 heavy (non-hydrogen) atoms. The van der Waals surface area contributed by atoms with E-state index in [9.17, 15) is 9.18 Å². The number of nitrogens with zero attached hydrogens (tertiary/aromatic N) is 1. The van der Waals surface area contributed by atoms with Crippen molar-refractivity contribution >= 4 is 10.9 Å². The van der Waals surface area contributed by atoms with Crippen molar-refractivity contribution in [3.63, 3.8) is 0 Å². The van der Waals surface area contributed by atoms with Gasteiger partial charge in [-0.3, -0.25) is 0 Å². The second-order valence-corrected chi connectivity index (χ2v) is 4.28. The highest BCUT2D eigenvalue weighted by atomic mass is 19.1. The van der Waals surface area contributed by atoms with Gasteiger partial charge < -0.3 is 4.98 Å². The number of aromatic amines is 1. The summed E-state index contributed by atoms with van der Waals surface area (Å²) < 4.78 is 13.1. The lowest BCUT2D eigenvalue weighted by molar-refractivity contribution is 0.625. The van der Waals surface area contributed by atoms with E-state index in [4.69, 9.17) is 0 Å². The van der Waals surface area contributed by atoms with Gasteiger partial charge in [0, 0.05) is 11.1 Å². The van der Waals surface area contributed by atoms with Gasteiger partial charge in [-0.1, -0.05) is 13.8 Å². The Bertz CT molecular complexity index is 575. The molecule has 4 heteroatoms. The van der Waals surface area contributed by atoms with Crippen LogP contribution in [0.4, 0.5) is 4.39 Å². The molecule has 2 aromatic rings. The van der Waals surface area contributed by atoms with Crippen LogP contribution < -0.4 is 5.69 Å². The van der Waals surface area contributed by atoms with Crippen molar-refractivity contribution in [3.8, 4) is 0 Å². The van der Waals surface area contributed by atoms with E-state index in [0.717, 1.165) is 5.69 Å². The van der Waals surface area contributed by atoms with Gasteiger partial charge in [0.2, 0.25) is 0 Å². The number of H-pyrrole nitrogens is 1. The van der Waals surface area contributed by atoms with Crippen LogP contribution in [0.5, 0.6) is 0 Å². The van der Waals surface area contributed by atoms with Crippen LogP contribution in [0.15, 0.2) is 23.0 Å². The fraction of sp³-hybridized carbons (Fsp3) is 0.333. The first-order chi connectivity index (χ1) is 7.56. The largest absolute Gasteiger partial charge is 0.345 e. The van der Waals surface area contributed by atoms with Crippen LogP contribution in [0.25, 0.3) is 10.9 Å². The first kappa shape index (κ1) is 10.8. The van der Waals surface area contributed by atoms with Crippen LogP contribution >= 0.6 is 0 Å². The van der Waals surface area contributed by atoms with E-state index in [0.29, 0.717) is 23.2 Å². The summed E-state index contributed by atoms with van der Waals surface area (Å²) in [4.78, 5) is 17.8. The molecule has 0 aliphatic heterocycles. The Kier molecular flexibility index (Phi) is 2.73. The molecule has 0 aliphatic rings. The molecule has 1 heterocycles. The summed E-state index contributed by atoms with van der Waals surface area (Å²) in [7, 11) is 0. The van der Waals surface area contributed by atoms with Gasteiger partial charge >= 0.3 is 5.69 Å². The lowest BCUT2D eigenvalue weighted by Gasteiger charge is -2.07. The van der Waals surface area contributed by atoms with Crippen LogP contribution in [-0.2, 0) is 6.42 Å². The van der Waals surface area contributed by atoms with E-state index >= 15 is 0 Å². The van der Waals surface area contributed by atoms with E-state index in [2.05, 4.69) is 9.97 Å². The van der Waals surface area contributed by atoms with E-state index in [1.54, 1.807) is 0 Å². The highest BCUT2D eigenvalue weighted by Gasteiger charge is 2.07. The van der Waals surface area contributed by atoms with Crippen molar-refractivity contribution in [3.05, 3.63) is 40.2 Å². The molecule has 0 saturated carbocycles. The Morgan fingerprint density at radius 2 is 2.19 bits per heavy atom. The summed E-state index contributed by atoms with van der Waals surface area (Å²) in [5.74, 6) is 0.0795. The van der Waals surface area contributed by atoms with Crippen LogP contribution in [0.2, 0.25) is 0 Å². The predicted molar refractivity (Wildman–Crippen MR) is 60.9 cm³/mol. The number of fused-ring (bicyclic) bond motifs is 1. The maximum absolute atomic E-state index is 13.1. The van der Waals surface area contributed by atoms with E-state index < -0.39 is 0 Å². The first-order valence-corrected chi connectivity index (χ1v) is 5.24. The molecule has 0 amide bonds. The fourth-order valence-corrected chi connectivity index (χ4v) is 1.75. The minimum atomic E-state index is -0.380. The van der Waals surface area contributed by atoms with Crippen LogP contribution in [0, 0.1) is 11.7 Å². The number of rotatable bonds is 2. The molecule has 0 saturated heterocycles. The first-order valence-electron chi connectivity index (χ1n) is 5.24. The molecule has 1 aromatic carbocycles. The van der Waals surface area contributed by atoms with Crippen LogP contribution in [0.3, 0.4) is 0 Å². The maximum Gasteiger partial charge on any atom is 0.345 e. The Hall–Kier alpha value is -1.71. The van der Waals surface area contributed by atoms with Gasteiger partial charge in [0.1, 0.15) is 5.82 Å². The predicted octanol–water partition coefficient (Wildman–Crippen LogP) is 2.26. The van der Waals surface area contributed by atoms with E-state index in [-0.39, 0.29) is 11.5 Å². The molecule has 1 N–H and O–H groups in total. The second kappa shape index (κ2) is 4.04. The molecule has 84 valence electrons. The van der Waals surface area contributed by atoms with Crippen molar-refractivity contribution in [2.45, 2.75) is 20.3 Å². The molecule has 0 radical (unpaired) electrons. The lowest BCUT2D eigenvalue weighted by Crippen LogP contribution is -2.14. The topological polar surface area (TPSA) is 45.8 Å². The highest BCUT2D eigenvalue weighted by molar-refractivity contribution is 5.80. The molecule has 0 atom stereocenters. The SMILES string of the molecule is CC(C)Cc1[nH]c(=O)nc2ccc(F)cc12. The third kappa shape index (κ3) is 2.10. The second-order valence-electron chi connectivity index (χ2n) is 4.28. The van der Waals surface area contributed by atoms with Gasteiger partial charge in [0.15, 0.2) is 0 Å². The van der Waals surface area contributed by atoms with E-state index in [1.807, 2.05) is 13.8 Å². The minimum Gasteiger partial charge on any atom is -0.309 e. The Morgan fingerprint density at radius 3 is 2.88 bits per heavy atom. The summed E-state index contributed by atoms with van der Waals surface area (Å²) in [5, 5.41) is 0.688. The summed E-state index contributed by atoms with van der Waals surface area (Å²) >= 11 is 0. The average molecular weight is 220 g/mol. The number of nitrogens with one attached hydrogen (secondary N) is 1. The number of halogens is 1. The summed E-state index contributed by atoms with van der Waals surface area (Å²) in [6, 6.07) is 4.26. The molecule has 2 rings (SSSR count). The maximum atomic E-state index is 13.1. The molecule has 0 aliphatic carbocycles. The molecule has 1 aromatic heterocycles. The Morgan fingerprint density at radius 1 is 1.44 bits per heavy atom. The van der Waals surface area contributed by atoms with Gasteiger partial charge in [-0.05, 0) is 30.5 Å². The van der Waals surface area contributed by atoms with Gasteiger partial charge in [-0.2, -0.15) is 4.98 Å². The zero-order valence-electron chi connectivity index (χ0n) is 9.25. The third-order valence-corrected chi connectivity index (χ3v) is 2.38. The van der Waals surface area contributed by atoms with Crippen LogP contribution in [-0.4, -0.2) is 9.97 Å². The van der Waals surface area contributed by atoms with Crippen molar-refractivity contribution in [2.24, 2.45) is 5.92 Å². The monoisotopic (exact) mass is 220 g/mol. The fourth-order valence-electron chi connectivity index (χ4n) is 1.75.